The van der Waals surface area contributed by atoms with E-state index in [4.69, 9.17) is 4.74 Å². The van der Waals surface area contributed by atoms with E-state index in [1.165, 1.54) is 6.07 Å². The predicted octanol–water partition coefficient (Wildman–Crippen LogP) is 4.06. The van der Waals surface area contributed by atoms with Gasteiger partial charge in [0.2, 0.25) is 0 Å². The smallest absolute Gasteiger partial charge is 0.416 e. The van der Waals surface area contributed by atoms with Gasteiger partial charge < -0.3 is 15.4 Å². The first-order chi connectivity index (χ1) is 13.3. The minimum Gasteiger partial charge on any atom is -0.491 e. The first-order valence-electron chi connectivity index (χ1n) is 9.08. The molecule has 0 unspecified atom stereocenters. The Labute approximate surface area is 185 Å². The molecule has 10 heteroatoms. The standard InChI is InChI=1S/C19H26F3N5O.HI/c1-14(2)28-16-7-6-15(17(12-16)19(20,21)22)13-25-18(23-3)24-8-4-10-27-11-5-9-26-27;/h5-7,9,11-12,14H,4,8,10,13H2,1-3H3,(H2,23,24,25);1H. The lowest BCUT2D eigenvalue weighted by Gasteiger charge is -2.18. The van der Waals surface area contributed by atoms with E-state index in [1.54, 1.807) is 33.2 Å². The second-order valence-corrected chi connectivity index (χ2v) is 6.46. The number of benzene rings is 1. The number of alkyl halides is 3. The summed E-state index contributed by atoms with van der Waals surface area (Å²) in [4.78, 5) is 4.05. The summed E-state index contributed by atoms with van der Waals surface area (Å²) in [6, 6.07) is 5.87. The van der Waals surface area contributed by atoms with E-state index in [2.05, 4.69) is 20.7 Å². The summed E-state index contributed by atoms with van der Waals surface area (Å²) in [5.41, 5.74) is -0.588. The fraction of sp³-hybridized carbons (Fsp3) is 0.474. The highest BCUT2D eigenvalue weighted by atomic mass is 127. The van der Waals surface area contributed by atoms with Crippen LogP contribution in [0.4, 0.5) is 13.2 Å². The van der Waals surface area contributed by atoms with Gasteiger partial charge in [0.05, 0.1) is 11.7 Å². The van der Waals surface area contributed by atoms with Gasteiger partial charge in [-0.2, -0.15) is 18.3 Å². The van der Waals surface area contributed by atoms with Crippen LogP contribution in [0.3, 0.4) is 0 Å². The molecule has 0 aliphatic rings. The maximum Gasteiger partial charge on any atom is 0.416 e. The Morgan fingerprint density at radius 3 is 2.62 bits per heavy atom. The Bertz CT molecular complexity index is 764. The molecule has 0 aliphatic carbocycles. The van der Waals surface area contributed by atoms with Gasteiger partial charge >= 0.3 is 6.18 Å². The van der Waals surface area contributed by atoms with Crippen molar-refractivity contribution in [2.24, 2.45) is 4.99 Å². The Kier molecular flexibility index (Phi) is 10.3. The van der Waals surface area contributed by atoms with Crippen molar-refractivity contribution in [1.29, 1.82) is 0 Å². The summed E-state index contributed by atoms with van der Waals surface area (Å²) < 4.78 is 47.5. The van der Waals surface area contributed by atoms with Crippen molar-refractivity contribution in [3.8, 4) is 5.75 Å². The van der Waals surface area contributed by atoms with Crippen molar-refractivity contribution in [2.75, 3.05) is 13.6 Å². The summed E-state index contributed by atoms with van der Waals surface area (Å²) in [6.07, 6.45) is -0.275. The third kappa shape index (κ3) is 8.50. The summed E-state index contributed by atoms with van der Waals surface area (Å²) >= 11 is 0. The summed E-state index contributed by atoms with van der Waals surface area (Å²) in [6.45, 7) is 4.89. The van der Waals surface area contributed by atoms with Crippen molar-refractivity contribution < 1.29 is 17.9 Å². The third-order valence-corrected chi connectivity index (χ3v) is 3.84. The highest BCUT2D eigenvalue weighted by Gasteiger charge is 2.33. The molecule has 0 radical (unpaired) electrons. The molecule has 2 aromatic rings. The molecule has 0 spiro atoms. The Morgan fingerprint density at radius 2 is 2.03 bits per heavy atom. The molecular formula is C19H27F3IN5O. The highest BCUT2D eigenvalue weighted by molar-refractivity contribution is 14.0. The highest BCUT2D eigenvalue weighted by Crippen LogP contribution is 2.34. The fourth-order valence-corrected chi connectivity index (χ4v) is 2.60. The number of aryl methyl sites for hydroxylation is 1. The molecule has 6 nitrogen and oxygen atoms in total. The molecule has 1 heterocycles. The number of halogens is 4. The predicted molar refractivity (Wildman–Crippen MR) is 118 cm³/mol. The van der Waals surface area contributed by atoms with Crippen molar-refractivity contribution in [3.63, 3.8) is 0 Å². The Morgan fingerprint density at radius 1 is 1.28 bits per heavy atom. The van der Waals surface area contributed by atoms with Gasteiger partial charge in [0, 0.05) is 39.1 Å². The average Bonchev–Trinajstić information content (AvgIpc) is 3.14. The third-order valence-electron chi connectivity index (χ3n) is 3.84. The molecule has 29 heavy (non-hydrogen) atoms. The van der Waals surface area contributed by atoms with Crippen LogP contribution in [0, 0.1) is 0 Å². The lowest BCUT2D eigenvalue weighted by atomic mass is 10.1. The van der Waals surface area contributed by atoms with E-state index in [-0.39, 0.29) is 47.9 Å². The molecule has 162 valence electrons. The quantitative estimate of drug-likeness (QED) is 0.236. The van der Waals surface area contributed by atoms with E-state index in [9.17, 15) is 13.2 Å². The van der Waals surface area contributed by atoms with Crippen LogP contribution in [0.2, 0.25) is 0 Å². The van der Waals surface area contributed by atoms with E-state index in [0.717, 1.165) is 19.0 Å². The second-order valence-electron chi connectivity index (χ2n) is 6.46. The number of aromatic nitrogens is 2. The number of hydrogen-bond donors (Lipinski definition) is 2. The van der Waals surface area contributed by atoms with Crippen LogP contribution in [-0.4, -0.2) is 35.4 Å². The van der Waals surface area contributed by atoms with Crippen LogP contribution in [0.1, 0.15) is 31.4 Å². The molecule has 0 fully saturated rings. The van der Waals surface area contributed by atoms with Crippen LogP contribution in [0.5, 0.6) is 5.75 Å². The van der Waals surface area contributed by atoms with E-state index in [1.807, 2.05) is 16.9 Å². The van der Waals surface area contributed by atoms with E-state index >= 15 is 0 Å². The average molecular weight is 525 g/mol. The Hall–Kier alpha value is -1.98. The fourth-order valence-electron chi connectivity index (χ4n) is 2.60. The van der Waals surface area contributed by atoms with E-state index in [0.29, 0.717) is 12.5 Å². The molecule has 0 amide bonds. The van der Waals surface area contributed by atoms with Gasteiger partial charge in [0.1, 0.15) is 5.75 Å². The van der Waals surface area contributed by atoms with Gasteiger partial charge in [-0.3, -0.25) is 9.67 Å². The van der Waals surface area contributed by atoms with Crippen LogP contribution in [0.15, 0.2) is 41.7 Å². The normalized spacial score (nSPS) is 11.9. The zero-order chi connectivity index (χ0) is 20.6. The largest absolute Gasteiger partial charge is 0.491 e. The number of nitrogens with one attached hydrogen (secondary N) is 2. The zero-order valence-corrected chi connectivity index (χ0v) is 19.0. The summed E-state index contributed by atoms with van der Waals surface area (Å²) in [5, 5.41) is 10.1. The number of rotatable bonds is 8. The molecule has 2 rings (SSSR count). The molecule has 0 saturated heterocycles. The second kappa shape index (κ2) is 11.9. The van der Waals surface area contributed by atoms with Gasteiger partial charge in [0.25, 0.3) is 0 Å². The van der Waals surface area contributed by atoms with Crippen LogP contribution < -0.4 is 15.4 Å². The first kappa shape index (κ1) is 25.1. The molecule has 1 aromatic heterocycles. The Balaban J connectivity index is 0.00000420. The summed E-state index contributed by atoms with van der Waals surface area (Å²) in [5.74, 6) is 0.642. The molecular weight excluding hydrogens is 498 g/mol. The van der Waals surface area contributed by atoms with Crippen molar-refractivity contribution in [3.05, 3.63) is 47.8 Å². The van der Waals surface area contributed by atoms with Crippen LogP contribution >= 0.6 is 24.0 Å². The SMILES string of the molecule is CN=C(NCCCn1cccn1)NCc1ccc(OC(C)C)cc1C(F)(F)F.I. The van der Waals surface area contributed by atoms with Crippen LogP contribution in [-0.2, 0) is 19.3 Å². The maximum atomic E-state index is 13.4. The topological polar surface area (TPSA) is 63.5 Å². The lowest BCUT2D eigenvalue weighted by molar-refractivity contribution is -0.138. The van der Waals surface area contributed by atoms with Gasteiger partial charge in [-0.15, -0.1) is 24.0 Å². The molecule has 0 bridgehead atoms. The van der Waals surface area contributed by atoms with Crippen molar-refractivity contribution in [2.45, 2.75) is 45.6 Å². The molecule has 1 aromatic carbocycles. The number of nitrogens with zero attached hydrogens (tertiary/aromatic N) is 3. The minimum absolute atomic E-state index is 0. The number of ether oxygens (including phenoxy) is 1. The molecule has 0 aliphatic heterocycles. The number of aliphatic imine (C=N–C) groups is 1. The first-order valence-corrected chi connectivity index (χ1v) is 9.08. The molecule has 0 atom stereocenters. The van der Waals surface area contributed by atoms with Crippen molar-refractivity contribution in [1.82, 2.24) is 20.4 Å². The monoisotopic (exact) mass is 525 g/mol. The maximum absolute atomic E-state index is 13.4. The number of guanidine groups is 1. The van der Waals surface area contributed by atoms with E-state index < -0.39 is 11.7 Å². The molecule has 2 N–H and O–H groups in total. The minimum atomic E-state index is -4.46. The van der Waals surface area contributed by atoms with Crippen molar-refractivity contribution >= 4 is 29.9 Å². The van der Waals surface area contributed by atoms with Gasteiger partial charge in [-0.25, -0.2) is 0 Å². The van der Waals surface area contributed by atoms with Gasteiger partial charge in [0.15, 0.2) is 5.96 Å². The van der Waals surface area contributed by atoms with Gasteiger partial charge in [-0.05, 0) is 44.0 Å². The zero-order valence-electron chi connectivity index (χ0n) is 16.7. The lowest BCUT2D eigenvalue weighted by Crippen LogP contribution is -2.38. The molecule has 0 saturated carbocycles. The number of hydrogen-bond acceptors (Lipinski definition) is 3. The summed E-state index contributed by atoms with van der Waals surface area (Å²) in [7, 11) is 1.58. The van der Waals surface area contributed by atoms with Crippen LogP contribution in [0.25, 0.3) is 0 Å². The van der Waals surface area contributed by atoms with Gasteiger partial charge in [-0.1, -0.05) is 6.07 Å².